The molecular formula is C4H9O2P. The standard InChI is InChI=1S/C4H9O2P/c1-3(2)4(5)7-6/h3-5H,1-2H3. The van der Waals surface area contributed by atoms with E-state index in [1.807, 2.05) is 13.8 Å². The van der Waals surface area contributed by atoms with Crippen LogP contribution in [-0.4, -0.2) is 11.0 Å². The molecule has 0 fully saturated rings. The maximum atomic E-state index is 9.79. The molecule has 0 spiro atoms. The fourth-order valence-corrected chi connectivity index (χ4v) is 0.365. The Labute approximate surface area is 44.7 Å². The first-order valence-electron chi connectivity index (χ1n) is 2.19. The highest BCUT2D eigenvalue weighted by molar-refractivity contribution is 7.24. The smallest absolute Gasteiger partial charge is 0.187 e. The third-order valence-electron chi connectivity index (χ3n) is 0.704. The number of hydrogen-bond donors (Lipinski definition) is 1. The Morgan fingerprint density at radius 1 is 1.57 bits per heavy atom. The Morgan fingerprint density at radius 3 is 2.00 bits per heavy atom. The van der Waals surface area contributed by atoms with Crippen molar-refractivity contribution in [2.24, 2.45) is 5.92 Å². The van der Waals surface area contributed by atoms with Gasteiger partial charge in [0.2, 0.25) is 0 Å². The zero-order chi connectivity index (χ0) is 5.86. The fourth-order valence-electron chi connectivity index (χ4n) is 0.122. The molecule has 0 radical (unpaired) electrons. The van der Waals surface area contributed by atoms with Crippen molar-refractivity contribution in [1.29, 1.82) is 0 Å². The van der Waals surface area contributed by atoms with E-state index in [0.717, 1.165) is 0 Å². The second-order valence-electron chi connectivity index (χ2n) is 1.76. The predicted octanol–water partition coefficient (Wildman–Crippen LogP) is 1.25. The lowest BCUT2D eigenvalue weighted by Gasteiger charge is -2.01. The van der Waals surface area contributed by atoms with Crippen LogP contribution in [0.1, 0.15) is 13.8 Å². The van der Waals surface area contributed by atoms with E-state index < -0.39 is 5.85 Å². The second-order valence-corrected chi connectivity index (χ2v) is 2.50. The molecule has 0 aliphatic rings. The molecule has 0 saturated heterocycles. The van der Waals surface area contributed by atoms with Gasteiger partial charge in [0.1, 0.15) is 5.85 Å². The van der Waals surface area contributed by atoms with Crippen LogP contribution in [0.2, 0.25) is 0 Å². The summed E-state index contributed by atoms with van der Waals surface area (Å²) in [6, 6.07) is 0. The molecule has 0 aromatic carbocycles. The summed E-state index contributed by atoms with van der Waals surface area (Å²) < 4.78 is 9.79. The van der Waals surface area contributed by atoms with E-state index in [4.69, 9.17) is 5.11 Å². The van der Waals surface area contributed by atoms with Crippen molar-refractivity contribution < 1.29 is 9.67 Å². The zero-order valence-corrected chi connectivity index (χ0v) is 5.35. The molecule has 1 atom stereocenters. The highest BCUT2D eigenvalue weighted by Gasteiger charge is 2.05. The Hall–Kier alpha value is 0.0600. The average Bonchev–Trinajstić information content (AvgIpc) is 1.65. The number of aliphatic hydroxyl groups excluding tert-OH is 1. The molecule has 0 aromatic rings. The van der Waals surface area contributed by atoms with Crippen LogP contribution in [0.3, 0.4) is 0 Å². The van der Waals surface area contributed by atoms with Crippen molar-refractivity contribution in [3.63, 3.8) is 0 Å². The van der Waals surface area contributed by atoms with Gasteiger partial charge >= 0.3 is 0 Å². The lowest BCUT2D eigenvalue weighted by Crippen LogP contribution is -2.04. The lowest BCUT2D eigenvalue weighted by molar-refractivity contribution is 0.205. The summed E-state index contributed by atoms with van der Waals surface area (Å²) in [5, 5.41) is 8.61. The van der Waals surface area contributed by atoms with Gasteiger partial charge in [-0.1, -0.05) is 13.8 Å². The van der Waals surface area contributed by atoms with Crippen molar-refractivity contribution in [3.05, 3.63) is 0 Å². The Kier molecular flexibility index (Phi) is 3.14. The normalized spacial score (nSPS) is 15.4. The van der Waals surface area contributed by atoms with Crippen LogP contribution in [0.4, 0.5) is 0 Å². The number of rotatable bonds is 2. The van der Waals surface area contributed by atoms with Gasteiger partial charge in [-0.15, -0.1) is 0 Å². The maximum Gasteiger partial charge on any atom is 0.187 e. The molecular weight excluding hydrogens is 111 g/mol. The predicted molar refractivity (Wildman–Crippen MR) is 28.5 cm³/mol. The van der Waals surface area contributed by atoms with Crippen LogP contribution in [0.25, 0.3) is 0 Å². The Bertz CT molecular complexity index is 62.7. The minimum absolute atomic E-state index is 0.0965. The van der Waals surface area contributed by atoms with E-state index in [1.165, 1.54) is 0 Å². The Morgan fingerprint density at radius 2 is 2.00 bits per heavy atom. The summed E-state index contributed by atoms with van der Waals surface area (Å²) in [7, 11) is -0.172. The first-order chi connectivity index (χ1) is 3.18. The zero-order valence-electron chi connectivity index (χ0n) is 4.46. The first-order valence-corrected chi connectivity index (χ1v) is 3.07. The van der Waals surface area contributed by atoms with Gasteiger partial charge in [-0.2, -0.15) is 0 Å². The van der Waals surface area contributed by atoms with Gasteiger partial charge in [0.05, 0.1) is 0 Å². The average molecular weight is 120 g/mol. The summed E-state index contributed by atoms with van der Waals surface area (Å²) in [6.45, 7) is 3.63. The van der Waals surface area contributed by atoms with Gasteiger partial charge in [0.15, 0.2) is 8.46 Å². The molecule has 42 valence electrons. The molecule has 0 heterocycles. The molecule has 0 aliphatic heterocycles. The molecule has 0 aromatic heterocycles. The van der Waals surface area contributed by atoms with Crippen LogP contribution < -0.4 is 0 Å². The highest BCUT2D eigenvalue weighted by atomic mass is 31.1. The van der Waals surface area contributed by atoms with E-state index in [9.17, 15) is 4.57 Å². The van der Waals surface area contributed by atoms with Crippen LogP contribution >= 0.6 is 8.46 Å². The number of aliphatic hydroxyl groups is 1. The van der Waals surface area contributed by atoms with Crippen molar-refractivity contribution in [2.75, 3.05) is 0 Å². The fraction of sp³-hybridized carbons (Fsp3) is 1.00. The van der Waals surface area contributed by atoms with Crippen molar-refractivity contribution in [2.45, 2.75) is 19.7 Å². The highest BCUT2D eigenvalue weighted by Crippen LogP contribution is 2.11. The van der Waals surface area contributed by atoms with Gasteiger partial charge in [0, 0.05) is 0 Å². The molecule has 0 bridgehead atoms. The van der Waals surface area contributed by atoms with Crippen LogP contribution in [0.15, 0.2) is 0 Å². The minimum atomic E-state index is -0.681. The van der Waals surface area contributed by atoms with E-state index >= 15 is 0 Å². The topological polar surface area (TPSA) is 37.3 Å². The summed E-state index contributed by atoms with van der Waals surface area (Å²) in [5.74, 6) is -0.584. The summed E-state index contributed by atoms with van der Waals surface area (Å²) in [4.78, 5) is 0. The molecule has 3 heteroatoms. The summed E-state index contributed by atoms with van der Waals surface area (Å²) in [5.41, 5.74) is 0. The molecule has 0 rings (SSSR count). The monoisotopic (exact) mass is 120 g/mol. The van der Waals surface area contributed by atoms with Gasteiger partial charge in [0.25, 0.3) is 0 Å². The van der Waals surface area contributed by atoms with Crippen molar-refractivity contribution in [3.8, 4) is 0 Å². The van der Waals surface area contributed by atoms with Crippen LogP contribution in [-0.2, 0) is 4.57 Å². The lowest BCUT2D eigenvalue weighted by atomic mass is 10.2. The second kappa shape index (κ2) is 3.11. The van der Waals surface area contributed by atoms with Crippen molar-refractivity contribution >= 4 is 8.46 Å². The van der Waals surface area contributed by atoms with Gasteiger partial charge in [-0.3, -0.25) is 4.57 Å². The molecule has 1 unspecified atom stereocenters. The van der Waals surface area contributed by atoms with E-state index in [1.54, 1.807) is 0 Å². The minimum Gasteiger partial charge on any atom is -0.381 e. The third-order valence-corrected chi connectivity index (χ3v) is 1.52. The Balaban J connectivity index is 3.33. The first kappa shape index (κ1) is 7.06. The molecule has 7 heavy (non-hydrogen) atoms. The summed E-state index contributed by atoms with van der Waals surface area (Å²) >= 11 is 0. The molecule has 1 N–H and O–H groups in total. The summed E-state index contributed by atoms with van der Waals surface area (Å²) in [6.07, 6.45) is 0. The maximum absolute atomic E-state index is 9.79. The number of hydrogen-bond acceptors (Lipinski definition) is 2. The van der Waals surface area contributed by atoms with Crippen LogP contribution in [0.5, 0.6) is 0 Å². The molecule has 0 aliphatic carbocycles. The van der Waals surface area contributed by atoms with Crippen LogP contribution in [0, 0.1) is 5.92 Å². The molecule has 0 amide bonds. The molecule has 2 nitrogen and oxygen atoms in total. The van der Waals surface area contributed by atoms with Gasteiger partial charge in [-0.25, -0.2) is 0 Å². The van der Waals surface area contributed by atoms with E-state index in [2.05, 4.69) is 0 Å². The van der Waals surface area contributed by atoms with Gasteiger partial charge in [-0.05, 0) is 5.92 Å². The van der Waals surface area contributed by atoms with E-state index in [-0.39, 0.29) is 14.4 Å². The SMILES string of the molecule is CC(C)C(O)P=O. The van der Waals surface area contributed by atoms with E-state index in [0.29, 0.717) is 0 Å². The largest absolute Gasteiger partial charge is 0.381 e. The third kappa shape index (κ3) is 2.72. The van der Waals surface area contributed by atoms with Crippen molar-refractivity contribution in [1.82, 2.24) is 0 Å². The molecule has 0 saturated carbocycles. The van der Waals surface area contributed by atoms with Gasteiger partial charge < -0.3 is 5.11 Å². The quantitative estimate of drug-likeness (QED) is 0.557.